The molecule has 2 aromatic carbocycles. The van der Waals surface area contributed by atoms with Gasteiger partial charge in [0.2, 0.25) is 0 Å². The molecule has 7 heteroatoms. The van der Waals surface area contributed by atoms with Crippen LogP contribution in [0.25, 0.3) is 10.9 Å². The number of benzene rings is 2. The molecule has 3 aromatic rings. The van der Waals surface area contributed by atoms with Crippen molar-refractivity contribution in [3.63, 3.8) is 0 Å². The Morgan fingerprint density at radius 2 is 1.95 bits per heavy atom. The summed E-state index contributed by atoms with van der Waals surface area (Å²) < 4.78 is 10.2. The van der Waals surface area contributed by atoms with Crippen LogP contribution in [0.2, 0.25) is 0 Å². The number of aliphatic hydroxyl groups excluding tert-OH is 1. The largest absolute Gasteiger partial charge is 0.493 e. The van der Waals surface area contributed by atoms with Crippen molar-refractivity contribution in [1.82, 2.24) is 9.88 Å². The van der Waals surface area contributed by atoms with Crippen molar-refractivity contribution < 1.29 is 24.5 Å². The van der Waals surface area contributed by atoms with E-state index in [2.05, 4.69) is 28.6 Å². The molecule has 3 saturated heterocycles. The fourth-order valence-corrected chi connectivity index (χ4v) is 6.15. The number of aliphatic carboxylic acids is 1. The zero-order valence-corrected chi connectivity index (χ0v) is 21.3. The quantitative estimate of drug-likeness (QED) is 0.476. The lowest BCUT2D eigenvalue weighted by Crippen LogP contribution is -2.54. The second kappa shape index (κ2) is 10.5. The number of aromatic nitrogens is 1. The highest BCUT2D eigenvalue weighted by molar-refractivity contribution is 5.82. The summed E-state index contributed by atoms with van der Waals surface area (Å²) in [5.74, 6) is 1.33. The number of fused-ring (bicyclic) bond motifs is 5. The number of pyridine rings is 1. The van der Waals surface area contributed by atoms with Crippen molar-refractivity contribution in [2.75, 3.05) is 27.3 Å². The van der Waals surface area contributed by atoms with E-state index < -0.39 is 12.1 Å². The van der Waals surface area contributed by atoms with E-state index in [1.54, 1.807) is 20.3 Å². The van der Waals surface area contributed by atoms with Crippen LogP contribution in [0.15, 0.2) is 61.3 Å². The van der Waals surface area contributed by atoms with Crippen molar-refractivity contribution >= 4 is 16.9 Å². The second-order valence-corrected chi connectivity index (χ2v) is 10.1. The fraction of sp³-hybridized carbons (Fsp3) is 0.400. The normalized spacial score (nSPS) is 26.2. The van der Waals surface area contributed by atoms with E-state index in [1.165, 1.54) is 6.42 Å². The van der Waals surface area contributed by atoms with Crippen molar-refractivity contribution in [3.05, 3.63) is 78.0 Å². The Hall–Kier alpha value is -3.42. The van der Waals surface area contributed by atoms with Gasteiger partial charge in [-0.3, -0.25) is 14.7 Å². The van der Waals surface area contributed by atoms with Crippen molar-refractivity contribution in [3.8, 4) is 11.5 Å². The zero-order valence-electron chi connectivity index (χ0n) is 21.3. The summed E-state index contributed by atoms with van der Waals surface area (Å²) in [5, 5.41) is 21.0. The Kier molecular flexibility index (Phi) is 7.17. The van der Waals surface area contributed by atoms with Crippen molar-refractivity contribution in [2.45, 2.75) is 37.3 Å². The van der Waals surface area contributed by atoms with Gasteiger partial charge in [0.25, 0.3) is 0 Å². The average molecular weight is 503 g/mol. The first-order chi connectivity index (χ1) is 17.9. The summed E-state index contributed by atoms with van der Waals surface area (Å²) in [6.45, 7) is 6.11. The maximum atomic E-state index is 11.0. The molecular weight excluding hydrogens is 468 g/mol. The molecule has 0 amide bonds. The molecular formula is C30H34N2O5. The van der Waals surface area contributed by atoms with Crippen LogP contribution in [0.1, 0.15) is 41.6 Å². The lowest BCUT2D eigenvalue weighted by atomic mass is 9.73. The van der Waals surface area contributed by atoms with E-state index in [0.717, 1.165) is 47.1 Å². The lowest BCUT2D eigenvalue weighted by Gasteiger charge is -2.50. The highest BCUT2D eigenvalue weighted by Crippen LogP contribution is 2.43. The number of carbonyl (C=O) groups is 1. The van der Waals surface area contributed by atoms with Gasteiger partial charge in [0.15, 0.2) is 11.5 Å². The van der Waals surface area contributed by atoms with Gasteiger partial charge in [-0.15, -0.1) is 6.58 Å². The number of nitrogens with zero attached hydrogens (tertiary/aromatic N) is 2. The standard InChI is InChI=1S/C19H22N2O.C11H12O4/c1-2-13-12-21-10-8-14(13)11-18(21)19(22)16-7-9-20-17-6-4-3-5-15(16)17;1-14-9-4-6-3-8(11(12)13)7(6)5-10(9)15-2/h2-7,9,13-14,18-19,22H,1,8,10-12H2;4-5,8H,3H2,1-2H3,(H,12,13)/t13-,14-,18-,19+;8-/m01/s1. The van der Waals surface area contributed by atoms with Gasteiger partial charge in [-0.25, -0.2) is 0 Å². The summed E-state index contributed by atoms with van der Waals surface area (Å²) in [4.78, 5) is 17.7. The summed E-state index contributed by atoms with van der Waals surface area (Å²) in [7, 11) is 3.11. The number of aliphatic hydroxyl groups is 1. The van der Waals surface area contributed by atoms with E-state index in [0.29, 0.717) is 29.8 Å². The Morgan fingerprint density at radius 3 is 2.62 bits per heavy atom. The Labute approximate surface area is 217 Å². The average Bonchev–Trinajstić information content (AvgIpc) is 2.93. The number of carboxylic acid groups (broad SMARTS) is 1. The Bertz CT molecular complexity index is 1300. The summed E-state index contributed by atoms with van der Waals surface area (Å²) >= 11 is 0. The molecule has 0 saturated carbocycles. The van der Waals surface area contributed by atoms with Crippen LogP contribution in [0, 0.1) is 11.8 Å². The minimum atomic E-state index is -0.783. The van der Waals surface area contributed by atoms with Gasteiger partial charge in [-0.05, 0) is 78.6 Å². The molecule has 37 heavy (non-hydrogen) atoms. The zero-order chi connectivity index (χ0) is 26.1. The third kappa shape index (κ3) is 4.69. The van der Waals surface area contributed by atoms with E-state index in [1.807, 2.05) is 36.5 Å². The monoisotopic (exact) mass is 502 g/mol. The van der Waals surface area contributed by atoms with Crippen LogP contribution in [0.4, 0.5) is 0 Å². The number of piperidine rings is 3. The third-order valence-corrected chi connectivity index (χ3v) is 8.26. The molecule has 7 rings (SSSR count). The van der Waals surface area contributed by atoms with Crippen LogP contribution in [0.5, 0.6) is 11.5 Å². The Balaban J connectivity index is 0.000000164. The minimum Gasteiger partial charge on any atom is -0.493 e. The molecule has 2 N–H and O–H groups in total. The van der Waals surface area contributed by atoms with Crippen molar-refractivity contribution in [2.24, 2.45) is 11.8 Å². The molecule has 1 aromatic heterocycles. The first-order valence-electron chi connectivity index (χ1n) is 12.8. The maximum absolute atomic E-state index is 11.0. The molecule has 6 atom stereocenters. The van der Waals surface area contributed by atoms with Crippen LogP contribution in [-0.2, 0) is 11.2 Å². The molecule has 194 valence electrons. The first kappa shape index (κ1) is 25.2. The van der Waals surface area contributed by atoms with Gasteiger partial charge in [0.05, 0.1) is 31.8 Å². The van der Waals surface area contributed by atoms with Crippen LogP contribution in [0.3, 0.4) is 0 Å². The summed E-state index contributed by atoms with van der Waals surface area (Å²) in [6, 6.07) is 13.9. The number of methoxy groups -OCH3 is 2. The first-order valence-corrected chi connectivity index (χ1v) is 12.8. The Morgan fingerprint density at radius 1 is 1.19 bits per heavy atom. The van der Waals surface area contributed by atoms with Gasteiger partial charge in [0, 0.05) is 24.2 Å². The topological polar surface area (TPSA) is 92.1 Å². The van der Waals surface area contributed by atoms with E-state index in [9.17, 15) is 9.90 Å². The lowest BCUT2D eigenvalue weighted by molar-refractivity contribution is -0.139. The predicted molar refractivity (Wildman–Crippen MR) is 142 cm³/mol. The van der Waals surface area contributed by atoms with E-state index >= 15 is 0 Å². The molecule has 1 unspecified atom stereocenters. The van der Waals surface area contributed by atoms with Gasteiger partial charge >= 0.3 is 5.97 Å². The van der Waals surface area contributed by atoms with Gasteiger partial charge < -0.3 is 19.7 Å². The molecule has 1 aliphatic carbocycles. The highest BCUT2D eigenvalue weighted by atomic mass is 16.5. The fourth-order valence-electron chi connectivity index (χ4n) is 6.15. The van der Waals surface area contributed by atoms with E-state index in [4.69, 9.17) is 14.6 Å². The number of para-hydroxylation sites is 1. The highest BCUT2D eigenvalue weighted by Gasteiger charge is 2.42. The van der Waals surface area contributed by atoms with Gasteiger partial charge in [-0.1, -0.05) is 24.3 Å². The number of hydrogen-bond donors (Lipinski definition) is 2. The van der Waals surface area contributed by atoms with E-state index in [-0.39, 0.29) is 12.0 Å². The summed E-state index contributed by atoms with van der Waals surface area (Å²) in [6.07, 6.45) is 6.34. The second-order valence-electron chi connectivity index (χ2n) is 10.1. The molecule has 3 aliphatic heterocycles. The molecule has 7 nitrogen and oxygen atoms in total. The smallest absolute Gasteiger partial charge is 0.311 e. The molecule has 0 radical (unpaired) electrons. The van der Waals surface area contributed by atoms with Crippen LogP contribution < -0.4 is 9.47 Å². The van der Waals surface area contributed by atoms with Gasteiger partial charge in [0.1, 0.15) is 0 Å². The number of ether oxygens (including phenoxy) is 2. The van der Waals surface area contributed by atoms with Crippen LogP contribution in [-0.4, -0.2) is 59.4 Å². The number of hydrogen-bond acceptors (Lipinski definition) is 6. The van der Waals surface area contributed by atoms with Crippen molar-refractivity contribution in [1.29, 1.82) is 0 Å². The molecule has 3 fully saturated rings. The predicted octanol–water partition coefficient (Wildman–Crippen LogP) is 4.59. The SMILES string of the molecule is C=C[C@H]1CN2CC[C@H]1C[C@H]2[C@H](O)c1ccnc2ccccc12.COc1cc2c(cc1OC)[C@H](C(=O)O)C2. The molecule has 4 aliphatic rings. The minimum absolute atomic E-state index is 0.223. The number of carboxylic acids is 1. The number of rotatable bonds is 6. The van der Waals surface area contributed by atoms with Gasteiger partial charge in [-0.2, -0.15) is 0 Å². The third-order valence-electron chi connectivity index (χ3n) is 8.26. The van der Waals surface area contributed by atoms with Crippen LogP contribution >= 0.6 is 0 Å². The molecule has 2 bridgehead atoms. The molecule has 0 spiro atoms. The maximum Gasteiger partial charge on any atom is 0.311 e. The summed E-state index contributed by atoms with van der Waals surface area (Å²) in [5.41, 5.74) is 3.83. The molecule has 4 heterocycles.